The molecule has 0 saturated carbocycles. The van der Waals surface area contributed by atoms with E-state index in [1.807, 2.05) is 13.8 Å². The van der Waals surface area contributed by atoms with Crippen molar-refractivity contribution in [2.45, 2.75) is 31.6 Å². The Balaban J connectivity index is 1.74. The summed E-state index contributed by atoms with van der Waals surface area (Å²) in [5.74, 6) is -1.69. The molecule has 6 nitrogen and oxygen atoms in total. The second-order valence-corrected chi connectivity index (χ2v) is 8.11. The number of carbonyl (C=O) groups excluding carboxylic acids is 2. The van der Waals surface area contributed by atoms with Gasteiger partial charge in [0.2, 0.25) is 10.0 Å². The largest absolute Gasteiger partial charge is 0.457 e. The van der Waals surface area contributed by atoms with Crippen molar-refractivity contribution in [1.29, 1.82) is 0 Å². The van der Waals surface area contributed by atoms with E-state index in [2.05, 4.69) is 4.72 Å². The fraction of sp³-hybridized carbons (Fsp3) is 0.300. The number of ketones is 1. The molecule has 0 aliphatic carbocycles. The summed E-state index contributed by atoms with van der Waals surface area (Å²) in [6.07, 6.45) is 0.170. The second kappa shape index (κ2) is 9.57. The number of ether oxygens (including phenoxy) is 1. The van der Waals surface area contributed by atoms with E-state index < -0.39 is 34.2 Å². The van der Waals surface area contributed by atoms with Gasteiger partial charge < -0.3 is 4.74 Å². The van der Waals surface area contributed by atoms with Gasteiger partial charge in [-0.05, 0) is 55.7 Å². The van der Waals surface area contributed by atoms with Gasteiger partial charge in [0, 0.05) is 18.5 Å². The highest BCUT2D eigenvalue weighted by molar-refractivity contribution is 7.89. The highest BCUT2D eigenvalue weighted by atomic mass is 32.2. The maximum Gasteiger partial charge on any atom is 0.306 e. The Morgan fingerprint density at radius 1 is 1.07 bits per heavy atom. The molecule has 2 rings (SSSR count). The van der Waals surface area contributed by atoms with E-state index in [0.717, 1.165) is 17.2 Å². The minimum absolute atomic E-state index is 0.0497. The first kappa shape index (κ1) is 21.7. The Kier molecular flexibility index (Phi) is 7.42. The van der Waals surface area contributed by atoms with Crippen molar-refractivity contribution in [3.63, 3.8) is 0 Å². The molecule has 1 N–H and O–H groups in total. The van der Waals surface area contributed by atoms with Crippen LogP contribution in [0.25, 0.3) is 0 Å². The smallest absolute Gasteiger partial charge is 0.306 e. The van der Waals surface area contributed by atoms with Gasteiger partial charge in [-0.15, -0.1) is 0 Å². The molecule has 0 bridgehead atoms. The molecule has 28 heavy (non-hydrogen) atoms. The number of esters is 1. The van der Waals surface area contributed by atoms with Crippen LogP contribution >= 0.6 is 0 Å². The first-order valence-electron chi connectivity index (χ1n) is 8.70. The summed E-state index contributed by atoms with van der Waals surface area (Å²) >= 11 is 0. The van der Waals surface area contributed by atoms with Crippen LogP contribution in [0.4, 0.5) is 4.39 Å². The van der Waals surface area contributed by atoms with Crippen LogP contribution in [0.2, 0.25) is 0 Å². The van der Waals surface area contributed by atoms with Gasteiger partial charge in [0.05, 0.1) is 4.90 Å². The summed E-state index contributed by atoms with van der Waals surface area (Å²) in [5.41, 5.74) is 1.98. The number of aryl methyl sites for hydroxylation is 2. The Hall–Kier alpha value is -2.58. The van der Waals surface area contributed by atoms with Gasteiger partial charge in [0.15, 0.2) is 12.4 Å². The third-order valence-electron chi connectivity index (χ3n) is 4.15. The van der Waals surface area contributed by atoms with Crippen molar-refractivity contribution in [1.82, 2.24) is 4.72 Å². The number of hydrogen-bond acceptors (Lipinski definition) is 5. The predicted octanol–water partition coefficient (Wildman–Crippen LogP) is 2.93. The van der Waals surface area contributed by atoms with E-state index in [1.54, 1.807) is 12.1 Å². The standard InChI is InChI=1S/C20H22FNO5S/c1-14-8-9-18(11-15(14)2)28(25,26)22-10-4-7-20(24)27-13-19(23)16-5-3-6-17(21)12-16/h3,5-6,8-9,11-12,22H,4,7,10,13H2,1-2H3. The highest BCUT2D eigenvalue weighted by Gasteiger charge is 2.15. The Morgan fingerprint density at radius 2 is 1.82 bits per heavy atom. The number of Topliss-reactive ketones (excluding diaryl/α,β-unsaturated/α-hetero) is 1. The molecule has 0 radical (unpaired) electrons. The van der Waals surface area contributed by atoms with Crippen LogP contribution in [0.1, 0.15) is 34.3 Å². The zero-order chi connectivity index (χ0) is 20.7. The molecular formula is C20H22FNO5S. The van der Waals surface area contributed by atoms with Crippen molar-refractivity contribution in [2.75, 3.05) is 13.2 Å². The number of hydrogen-bond donors (Lipinski definition) is 1. The van der Waals surface area contributed by atoms with E-state index >= 15 is 0 Å². The second-order valence-electron chi connectivity index (χ2n) is 6.34. The van der Waals surface area contributed by atoms with Crippen LogP contribution in [0.5, 0.6) is 0 Å². The van der Waals surface area contributed by atoms with E-state index in [9.17, 15) is 22.4 Å². The molecule has 2 aromatic rings. The molecule has 0 heterocycles. The van der Waals surface area contributed by atoms with Gasteiger partial charge in [0.1, 0.15) is 5.82 Å². The average Bonchev–Trinajstić information content (AvgIpc) is 2.65. The lowest BCUT2D eigenvalue weighted by Gasteiger charge is -2.09. The molecular weight excluding hydrogens is 385 g/mol. The van der Waals surface area contributed by atoms with E-state index in [1.165, 1.54) is 24.3 Å². The minimum Gasteiger partial charge on any atom is -0.457 e. The van der Waals surface area contributed by atoms with Crippen LogP contribution in [0.15, 0.2) is 47.4 Å². The first-order valence-corrected chi connectivity index (χ1v) is 10.2. The van der Waals surface area contributed by atoms with Crippen LogP contribution in [-0.2, 0) is 19.6 Å². The molecule has 0 saturated heterocycles. The van der Waals surface area contributed by atoms with E-state index in [4.69, 9.17) is 4.74 Å². The van der Waals surface area contributed by atoms with Crippen LogP contribution < -0.4 is 4.72 Å². The molecule has 0 fully saturated rings. The number of benzene rings is 2. The van der Waals surface area contributed by atoms with E-state index in [-0.39, 0.29) is 29.8 Å². The molecule has 0 aliphatic heterocycles. The van der Waals surface area contributed by atoms with Crippen molar-refractivity contribution in [3.8, 4) is 0 Å². The lowest BCUT2D eigenvalue weighted by molar-refractivity contribution is -0.142. The normalized spacial score (nSPS) is 11.2. The molecule has 0 aromatic heterocycles. The summed E-state index contributed by atoms with van der Waals surface area (Å²) in [6.45, 7) is 3.29. The quantitative estimate of drug-likeness (QED) is 0.392. The molecule has 0 unspecified atom stereocenters. The Bertz CT molecular complexity index is 972. The fourth-order valence-electron chi connectivity index (χ4n) is 2.37. The van der Waals surface area contributed by atoms with Crippen molar-refractivity contribution >= 4 is 21.8 Å². The lowest BCUT2D eigenvalue weighted by Crippen LogP contribution is -2.25. The molecule has 150 valence electrons. The third kappa shape index (κ3) is 6.24. The monoisotopic (exact) mass is 407 g/mol. The molecule has 0 aliphatic rings. The fourth-order valence-corrected chi connectivity index (χ4v) is 3.53. The van der Waals surface area contributed by atoms with Gasteiger partial charge in [-0.2, -0.15) is 0 Å². The molecule has 0 amide bonds. The van der Waals surface area contributed by atoms with Crippen molar-refractivity contribution in [3.05, 3.63) is 65.0 Å². The topological polar surface area (TPSA) is 89.5 Å². The van der Waals surface area contributed by atoms with Gasteiger partial charge in [0.25, 0.3) is 0 Å². The molecule has 0 spiro atoms. The highest BCUT2D eigenvalue weighted by Crippen LogP contribution is 2.14. The molecule has 8 heteroatoms. The van der Waals surface area contributed by atoms with Gasteiger partial charge in [-0.1, -0.05) is 18.2 Å². The van der Waals surface area contributed by atoms with Crippen LogP contribution in [0.3, 0.4) is 0 Å². The number of carbonyl (C=O) groups is 2. The van der Waals surface area contributed by atoms with Gasteiger partial charge >= 0.3 is 5.97 Å². The maximum atomic E-state index is 13.1. The van der Waals surface area contributed by atoms with Crippen molar-refractivity contribution in [2.24, 2.45) is 0 Å². The summed E-state index contributed by atoms with van der Waals surface area (Å²) in [4.78, 5) is 23.7. The predicted molar refractivity (Wildman–Crippen MR) is 102 cm³/mol. The number of halogens is 1. The summed E-state index contributed by atoms with van der Waals surface area (Å²) in [7, 11) is -3.66. The van der Waals surface area contributed by atoms with E-state index in [0.29, 0.717) is 0 Å². The number of rotatable bonds is 9. The van der Waals surface area contributed by atoms with Crippen molar-refractivity contribution < 1.29 is 27.1 Å². The molecule has 2 aromatic carbocycles. The zero-order valence-electron chi connectivity index (χ0n) is 15.7. The Labute approximate surface area is 163 Å². The molecule has 0 atom stereocenters. The number of nitrogens with one attached hydrogen (secondary N) is 1. The minimum atomic E-state index is -3.66. The maximum absolute atomic E-state index is 13.1. The van der Waals surface area contributed by atoms with Crippen LogP contribution in [0, 0.1) is 19.7 Å². The average molecular weight is 407 g/mol. The summed E-state index contributed by atoms with van der Waals surface area (Å²) < 4.78 is 44.8. The number of sulfonamides is 1. The summed E-state index contributed by atoms with van der Waals surface area (Å²) in [5, 5.41) is 0. The third-order valence-corrected chi connectivity index (χ3v) is 5.61. The van der Waals surface area contributed by atoms with Crippen LogP contribution in [-0.4, -0.2) is 33.3 Å². The first-order chi connectivity index (χ1) is 13.2. The SMILES string of the molecule is Cc1ccc(S(=O)(=O)NCCCC(=O)OCC(=O)c2cccc(F)c2)cc1C. The van der Waals surface area contributed by atoms with Gasteiger partial charge in [-0.25, -0.2) is 17.5 Å². The lowest BCUT2D eigenvalue weighted by atomic mass is 10.1. The Morgan fingerprint density at radius 3 is 2.50 bits per heavy atom. The summed E-state index contributed by atoms with van der Waals surface area (Å²) in [6, 6.07) is 9.95. The van der Waals surface area contributed by atoms with Gasteiger partial charge in [-0.3, -0.25) is 9.59 Å². The zero-order valence-corrected chi connectivity index (χ0v) is 16.5.